The van der Waals surface area contributed by atoms with E-state index < -0.39 is 69.9 Å². The Morgan fingerprint density at radius 2 is 1.19 bits per heavy atom. The van der Waals surface area contributed by atoms with Gasteiger partial charge in [0.1, 0.15) is 0 Å². The van der Waals surface area contributed by atoms with Crippen LogP contribution in [0.3, 0.4) is 0 Å². The summed E-state index contributed by atoms with van der Waals surface area (Å²) in [5.41, 5.74) is 1.35. The second-order valence-corrected chi connectivity index (χ2v) is 6.94. The molecular weight excluding hydrogens is 557 g/mol. The number of nitro benzene ring substituents is 1. The number of ketones is 1. The fourth-order valence-corrected chi connectivity index (χ4v) is 2.21. The Morgan fingerprint density at radius 1 is 0.757 bits per heavy atom. The van der Waals surface area contributed by atoms with Gasteiger partial charge in [-0.1, -0.05) is 0 Å². The first-order chi connectivity index (χ1) is 16.4. The van der Waals surface area contributed by atoms with Gasteiger partial charge in [0.05, 0.1) is 4.92 Å². The Hall–Kier alpha value is -3.61. The van der Waals surface area contributed by atoms with E-state index in [-0.39, 0.29) is 5.56 Å². The van der Waals surface area contributed by atoms with Gasteiger partial charge in [-0.25, -0.2) is 0 Å². The lowest BCUT2D eigenvalue weighted by molar-refractivity contribution is -0.435. The predicted molar refractivity (Wildman–Crippen MR) is 93.3 cm³/mol. The molecule has 1 aromatic carbocycles. The second kappa shape index (κ2) is 9.69. The minimum atomic E-state index is -8.15. The Kier molecular flexibility index (Phi) is 8.23. The van der Waals surface area contributed by atoms with Gasteiger partial charge in [-0.15, -0.1) is 0 Å². The molecule has 1 rings (SSSR count). The lowest BCUT2D eigenvalue weighted by Gasteiger charge is -2.39. The monoisotopic (exact) mass is 567 g/mol. The number of nitro groups is 1. The molecule has 37 heavy (non-hydrogen) atoms. The summed E-state index contributed by atoms with van der Waals surface area (Å²) in [4.78, 5) is 32.9. The van der Waals surface area contributed by atoms with Gasteiger partial charge in [-0.3, -0.25) is 25.1 Å². The summed E-state index contributed by atoms with van der Waals surface area (Å²) in [6.45, 7) is 0.535. The van der Waals surface area contributed by atoms with Crippen LogP contribution in [0.2, 0.25) is 0 Å². The van der Waals surface area contributed by atoms with Gasteiger partial charge in [0.15, 0.2) is 0 Å². The molecule has 2 N–H and O–H groups in total. The smallest absolute Gasteiger partial charge is 0.303 e. The maximum absolute atomic E-state index is 13.8. The van der Waals surface area contributed by atoms with E-state index in [1.54, 1.807) is 10.9 Å². The summed E-state index contributed by atoms with van der Waals surface area (Å²) >= 11 is 0. The number of carbonyl (C=O) groups excluding carboxylic acids is 2. The van der Waals surface area contributed by atoms with Crippen LogP contribution in [0.4, 0.5) is 62.8 Å². The van der Waals surface area contributed by atoms with Crippen molar-refractivity contribution in [1.82, 2.24) is 10.9 Å². The zero-order chi connectivity index (χ0) is 29.4. The number of rotatable bonds is 10. The second-order valence-electron chi connectivity index (χ2n) is 6.94. The molecule has 7 nitrogen and oxygen atoms in total. The highest BCUT2D eigenvalue weighted by molar-refractivity contribution is 5.97. The van der Waals surface area contributed by atoms with Crippen LogP contribution in [0.5, 0.6) is 0 Å². The van der Waals surface area contributed by atoms with Crippen molar-refractivity contribution >= 4 is 17.4 Å². The van der Waals surface area contributed by atoms with Gasteiger partial charge in [0.2, 0.25) is 5.78 Å². The van der Waals surface area contributed by atoms with E-state index in [4.69, 9.17) is 0 Å². The Morgan fingerprint density at radius 3 is 1.59 bits per heavy atom. The molecule has 0 aliphatic carbocycles. The fourth-order valence-electron chi connectivity index (χ4n) is 2.21. The van der Waals surface area contributed by atoms with Gasteiger partial charge in [-0.2, -0.15) is 57.1 Å². The van der Waals surface area contributed by atoms with Crippen molar-refractivity contribution in [3.8, 4) is 0 Å². The maximum atomic E-state index is 13.8. The molecule has 0 unspecified atom stereocenters. The summed E-state index contributed by atoms with van der Waals surface area (Å²) in [7, 11) is 0. The Balaban J connectivity index is 3.15. The lowest BCUT2D eigenvalue weighted by atomic mass is 9.92. The van der Waals surface area contributed by atoms with Crippen molar-refractivity contribution in [2.24, 2.45) is 0 Å². The molecule has 0 fully saturated rings. The van der Waals surface area contributed by atoms with E-state index in [0.29, 0.717) is 6.92 Å². The van der Waals surface area contributed by atoms with Gasteiger partial charge in [-0.05, 0) is 19.1 Å². The molecule has 0 saturated heterocycles. The zero-order valence-electron chi connectivity index (χ0n) is 17.4. The number of hydrogen-bond donors (Lipinski definition) is 2. The first-order valence-electron chi connectivity index (χ1n) is 8.85. The molecule has 0 aromatic heterocycles. The number of amides is 1. The van der Waals surface area contributed by atoms with Crippen LogP contribution < -0.4 is 10.9 Å². The highest BCUT2D eigenvalue weighted by Crippen LogP contribution is 2.60. The number of halogens is 13. The fraction of sp³-hybridized carbons (Fsp3) is 0.412. The molecule has 0 heterocycles. The average molecular weight is 567 g/mol. The number of hydrogen-bond acceptors (Lipinski definition) is 5. The molecule has 0 aliphatic rings. The molecule has 20 heteroatoms. The molecule has 0 bridgehead atoms. The lowest BCUT2D eigenvalue weighted by Crippen LogP contribution is -2.71. The maximum Gasteiger partial charge on any atom is 0.460 e. The van der Waals surface area contributed by atoms with Crippen LogP contribution in [0.15, 0.2) is 36.0 Å². The third-order valence-corrected chi connectivity index (χ3v) is 4.30. The molecule has 0 radical (unpaired) electrons. The van der Waals surface area contributed by atoms with E-state index in [2.05, 4.69) is 0 Å². The minimum Gasteiger partial charge on any atom is -0.303 e. The number of benzene rings is 1. The van der Waals surface area contributed by atoms with E-state index >= 15 is 0 Å². The van der Waals surface area contributed by atoms with Crippen molar-refractivity contribution in [1.29, 1.82) is 0 Å². The molecule has 0 atom stereocenters. The van der Waals surface area contributed by atoms with Crippen LogP contribution >= 0.6 is 0 Å². The number of nitrogens with one attached hydrogen (secondary N) is 2. The number of allylic oxidation sites excluding steroid dienone is 2. The van der Waals surface area contributed by atoms with Crippen LogP contribution in [0.1, 0.15) is 17.3 Å². The topological polar surface area (TPSA) is 101 Å². The normalized spacial score (nSPS) is 14.3. The van der Waals surface area contributed by atoms with Crippen molar-refractivity contribution in [3.05, 3.63) is 51.7 Å². The first kappa shape index (κ1) is 31.4. The molecule has 0 saturated carbocycles. The highest BCUT2D eigenvalue weighted by Gasteiger charge is 2.91. The summed E-state index contributed by atoms with van der Waals surface area (Å²) in [5.74, 6) is -43.6. The predicted octanol–water partition coefficient (Wildman–Crippen LogP) is 5.04. The molecule has 0 aliphatic heterocycles. The highest BCUT2D eigenvalue weighted by atomic mass is 19.4. The Bertz CT molecular complexity index is 1080. The van der Waals surface area contributed by atoms with Crippen LogP contribution in [0.25, 0.3) is 0 Å². The van der Waals surface area contributed by atoms with Crippen LogP contribution in [-0.4, -0.2) is 52.4 Å². The summed E-state index contributed by atoms with van der Waals surface area (Å²) in [5, 5.41) is 10.5. The Labute approximate surface area is 195 Å². The van der Waals surface area contributed by atoms with E-state index in [1.165, 1.54) is 0 Å². The number of alkyl halides is 13. The number of carbonyl (C=O) groups is 2. The standard InChI is InChI=1S/C17H10F13N3O4/c1-7(31-32-11(35)8-2-4-9(5-3-8)33(36)37)6-10(34)12(18,19)13(20,21)14(22,23)15(24,25)16(26,27)17(28,29)30/h2-6,31H,1H3,(H,32,35)/b7-6-. The van der Waals surface area contributed by atoms with E-state index in [9.17, 15) is 76.8 Å². The first-order valence-corrected chi connectivity index (χ1v) is 8.85. The number of hydrazine groups is 1. The summed E-state index contributed by atoms with van der Waals surface area (Å²) in [6.07, 6.45) is -8.27. The number of non-ortho nitro benzene ring substituents is 1. The van der Waals surface area contributed by atoms with E-state index in [1.807, 2.05) is 0 Å². The number of nitrogens with zero attached hydrogens (tertiary/aromatic N) is 1. The zero-order valence-corrected chi connectivity index (χ0v) is 17.4. The third-order valence-electron chi connectivity index (χ3n) is 4.30. The SMILES string of the molecule is C/C(=C/C(=O)C(F)(F)C(F)(F)C(F)(F)C(F)(F)C(F)(F)C(F)(F)F)NNC(=O)c1ccc([N+](=O)[O-])cc1. The van der Waals surface area contributed by atoms with Gasteiger partial charge in [0, 0.05) is 29.5 Å². The summed E-state index contributed by atoms with van der Waals surface area (Å²) < 4.78 is 170. The van der Waals surface area contributed by atoms with Crippen molar-refractivity contribution in [2.45, 2.75) is 42.7 Å². The molecule has 1 aromatic rings. The van der Waals surface area contributed by atoms with Crippen molar-refractivity contribution < 1.29 is 71.6 Å². The van der Waals surface area contributed by atoms with Gasteiger partial charge < -0.3 is 5.43 Å². The van der Waals surface area contributed by atoms with Crippen molar-refractivity contribution in [3.63, 3.8) is 0 Å². The van der Waals surface area contributed by atoms with Crippen LogP contribution in [0, 0.1) is 10.1 Å². The largest absolute Gasteiger partial charge is 0.460 e. The third kappa shape index (κ3) is 5.41. The summed E-state index contributed by atoms with van der Waals surface area (Å²) in [6, 6.07) is 3.41. The quantitative estimate of drug-likeness (QED) is 0.179. The minimum absolute atomic E-state index is 0.346. The molecule has 1 amide bonds. The van der Waals surface area contributed by atoms with Gasteiger partial charge >= 0.3 is 35.8 Å². The molecule has 0 spiro atoms. The van der Waals surface area contributed by atoms with Crippen molar-refractivity contribution in [2.75, 3.05) is 0 Å². The average Bonchev–Trinajstić information content (AvgIpc) is 2.76. The van der Waals surface area contributed by atoms with E-state index in [0.717, 1.165) is 24.3 Å². The molecular formula is C17H10F13N3O4. The van der Waals surface area contributed by atoms with Gasteiger partial charge in [0.25, 0.3) is 11.6 Å². The van der Waals surface area contributed by atoms with Crippen LogP contribution in [-0.2, 0) is 4.79 Å². The molecule has 208 valence electrons.